The van der Waals surface area contributed by atoms with Crippen LogP contribution in [-0.4, -0.2) is 22.2 Å². The van der Waals surface area contributed by atoms with E-state index in [9.17, 15) is 22.8 Å². The number of thiazole rings is 1. The van der Waals surface area contributed by atoms with Crippen molar-refractivity contribution in [3.05, 3.63) is 69.7 Å². The molecule has 3 aromatic rings. The molecule has 0 aliphatic carbocycles. The normalized spacial score (nSPS) is 12.0. The molecule has 4 nitrogen and oxygen atoms in total. The molecule has 2 aromatic carbocycles. The second-order valence-electron chi connectivity index (χ2n) is 10.3. The van der Waals surface area contributed by atoms with Gasteiger partial charge in [-0.3, -0.25) is 9.59 Å². The second kappa shape index (κ2) is 12.9. The van der Waals surface area contributed by atoms with Gasteiger partial charge in [-0.2, -0.15) is 13.2 Å². The van der Waals surface area contributed by atoms with E-state index in [-0.39, 0.29) is 18.0 Å². The lowest BCUT2D eigenvalue weighted by Gasteiger charge is -2.24. The van der Waals surface area contributed by atoms with Gasteiger partial charge in [-0.1, -0.05) is 38.3 Å². The van der Waals surface area contributed by atoms with Crippen LogP contribution in [0.3, 0.4) is 0 Å². The maximum Gasteiger partial charge on any atom is 0.416 e. The Hall–Kier alpha value is -3.00. The number of aryl methyl sites for hydroxylation is 3. The van der Waals surface area contributed by atoms with Crippen LogP contribution in [0.25, 0.3) is 10.6 Å². The number of carbonyl (C=O) groups excluding carboxylic acids is 2. The summed E-state index contributed by atoms with van der Waals surface area (Å²) < 4.78 is 44.9. The van der Waals surface area contributed by atoms with E-state index in [2.05, 4.69) is 6.92 Å². The Morgan fingerprint density at radius 1 is 0.974 bits per heavy atom. The Morgan fingerprint density at radius 3 is 2.26 bits per heavy atom. The van der Waals surface area contributed by atoms with Crippen molar-refractivity contribution in [1.29, 1.82) is 0 Å². The van der Waals surface area contributed by atoms with Gasteiger partial charge in [0.15, 0.2) is 17.2 Å². The zero-order chi connectivity index (χ0) is 28.8. The molecule has 0 radical (unpaired) electrons. The van der Waals surface area contributed by atoms with Crippen molar-refractivity contribution in [3.8, 4) is 16.3 Å². The fourth-order valence-corrected chi connectivity index (χ4v) is 5.19. The molecule has 3 rings (SSSR count). The first-order valence-corrected chi connectivity index (χ1v) is 14.1. The highest BCUT2D eigenvalue weighted by Crippen LogP contribution is 2.34. The van der Waals surface area contributed by atoms with E-state index >= 15 is 0 Å². The third-order valence-corrected chi connectivity index (χ3v) is 8.00. The van der Waals surface area contributed by atoms with Gasteiger partial charge in [0.05, 0.1) is 11.3 Å². The molecule has 0 saturated carbocycles. The maximum atomic E-state index is 13.1. The third kappa shape index (κ3) is 8.24. The molecular formula is C31H36F3NO3S. The largest absolute Gasteiger partial charge is 0.480 e. The van der Waals surface area contributed by atoms with Crippen molar-refractivity contribution in [1.82, 2.24) is 4.98 Å². The number of ketones is 2. The first-order valence-electron chi connectivity index (χ1n) is 13.3. The summed E-state index contributed by atoms with van der Waals surface area (Å²) in [5, 5.41) is 0.669. The van der Waals surface area contributed by atoms with E-state index in [1.807, 2.05) is 6.92 Å². The molecule has 210 valence electrons. The van der Waals surface area contributed by atoms with Gasteiger partial charge in [0.25, 0.3) is 0 Å². The smallest absolute Gasteiger partial charge is 0.416 e. The SMILES string of the molecule is CCCCCCc1nc(-c2ccc(C(F)(F)F)cc2)sc1CCC(=O)c1ccc(OC(C)(C)C(C)=O)c(C)c1. The molecule has 0 N–H and O–H groups in total. The van der Waals surface area contributed by atoms with E-state index in [4.69, 9.17) is 9.72 Å². The quantitative estimate of drug-likeness (QED) is 0.155. The number of Topliss-reactive ketones (excluding diaryl/α,β-unsaturated/α-hetero) is 2. The van der Waals surface area contributed by atoms with Crippen molar-refractivity contribution < 1.29 is 27.5 Å². The molecule has 0 unspecified atom stereocenters. The standard InChI is InChI=1S/C31H36F3NO3S/c1-6-7-8-9-10-25-28(39-29(35-25)22-11-14-24(15-12-22)31(32,33)34)18-16-26(37)23-13-17-27(20(2)19-23)38-30(4,5)21(3)36/h11-15,17,19H,6-10,16,18H2,1-5H3. The number of unbranched alkanes of at least 4 members (excludes halogenated alkanes) is 3. The lowest BCUT2D eigenvalue weighted by Crippen LogP contribution is -2.36. The van der Waals surface area contributed by atoms with Gasteiger partial charge < -0.3 is 4.74 Å². The summed E-state index contributed by atoms with van der Waals surface area (Å²) in [6, 6.07) is 10.3. The Morgan fingerprint density at radius 2 is 1.67 bits per heavy atom. The van der Waals surface area contributed by atoms with E-state index < -0.39 is 17.3 Å². The lowest BCUT2D eigenvalue weighted by atomic mass is 10.0. The van der Waals surface area contributed by atoms with E-state index in [0.717, 1.165) is 60.4 Å². The van der Waals surface area contributed by atoms with Crippen molar-refractivity contribution >= 4 is 22.9 Å². The average Bonchev–Trinajstić information content (AvgIpc) is 3.28. The molecule has 0 saturated heterocycles. The number of benzene rings is 2. The van der Waals surface area contributed by atoms with Gasteiger partial charge in [-0.25, -0.2) is 4.98 Å². The van der Waals surface area contributed by atoms with Crippen LogP contribution in [0.4, 0.5) is 13.2 Å². The fourth-order valence-electron chi connectivity index (χ4n) is 4.07. The first kappa shape index (κ1) is 30.5. The molecule has 0 bridgehead atoms. The minimum Gasteiger partial charge on any atom is -0.480 e. The lowest BCUT2D eigenvalue weighted by molar-refractivity contribution is -0.137. The molecular weight excluding hydrogens is 523 g/mol. The van der Waals surface area contributed by atoms with Crippen LogP contribution in [0.1, 0.15) is 91.9 Å². The van der Waals surface area contributed by atoms with Gasteiger partial charge in [-0.05, 0) is 82.9 Å². The number of nitrogens with zero attached hydrogens (tertiary/aromatic N) is 1. The number of hydrogen-bond donors (Lipinski definition) is 0. The van der Waals surface area contributed by atoms with Crippen LogP contribution >= 0.6 is 11.3 Å². The molecule has 8 heteroatoms. The highest BCUT2D eigenvalue weighted by molar-refractivity contribution is 7.15. The third-order valence-electron chi connectivity index (χ3n) is 6.79. The number of rotatable bonds is 13. The van der Waals surface area contributed by atoms with E-state index in [0.29, 0.717) is 28.3 Å². The van der Waals surface area contributed by atoms with Crippen molar-refractivity contribution in [3.63, 3.8) is 0 Å². The van der Waals surface area contributed by atoms with Crippen molar-refractivity contribution in [2.24, 2.45) is 0 Å². The molecule has 0 amide bonds. The predicted molar refractivity (Wildman–Crippen MR) is 150 cm³/mol. The molecule has 0 fully saturated rings. The monoisotopic (exact) mass is 559 g/mol. The van der Waals surface area contributed by atoms with Crippen LogP contribution < -0.4 is 4.74 Å². The minimum absolute atomic E-state index is 0.0168. The Labute approximate surface area is 232 Å². The van der Waals surface area contributed by atoms with E-state index in [1.165, 1.54) is 30.4 Å². The number of halogens is 3. The highest BCUT2D eigenvalue weighted by Gasteiger charge is 2.30. The molecule has 1 aromatic heterocycles. The van der Waals surface area contributed by atoms with Crippen molar-refractivity contribution in [2.45, 2.75) is 91.3 Å². The van der Waals surface area contributed by atoms with Gasteiger partial charge in [0, 0.05) is 22.4 Å². The Balaban J connectivity index is 1.76. The fraction of sp³-hybridized carbons (Fsp3) is 0.452. The Bertz CT molecular complexity index is 1290. The maximum absolute atomic E-state index is 13.1. The van der Waals surface area contributed by atoms with Gasteiger partial charge in [0.1, 0.15) is 10.8 Å². The number of carbonyl (C=O) groups is 2. The summed E-state index contributed by atoms with van der Waals surface area (Å²) in [5.41, 5.74) is 1.25. The molecule has 39 heavy (non-hydrogen) atoms. The van der Waals surface area contributed by atoms with Gasteiger partial charge in [0.2, 0.25) is 0 Å². The molecule has 0 atom stereocenters. The summed E-state index contributed by atoms with van der Waals surface area (Å²) >= 11 is 1.45. The summed E-state index contributed by atoms with van der Waals surface area (Å²) in [4.78, 5) is 30.7. The van der Waals surface area contributed by atoms with Crippen molar-refractivity contribution in [2.75, 3.05) is 0 Å². The molecule has 0 aliphatic heterocycles. The topological polar surface area (TPSA) is 56.3 Å². The van der Waals surface area contributed by atoms with Crippen LogP contribution in [0.2, 0.25) is 0 Å². The number of aromatic nitrogens is 1. The zero-order valence-corrected chi connectivity index (χ0v) is 24.0. The van der Waals surface area contributed by atoms with Crippen LogP contribution in [0.15, 0.2) is 42.5 Å². The summed E-state index contributed by atoms with van der Waals surface area (Å²) in [5.74, 6) is 0.453. The van der Waals surface area contributed by atoms with E-state index in [1.54, 1.807) is 32.0 Å². The minimum atomic E-state index is -4.39. The number of ether oxygens (including phenoxy) is 1. The zero-order valence-electron chi connectivity index (χ0n) is 23.2. The number of alkyl halides is 3. The summed E-state index contributed by atoms with van der Waals surface area (Å²) in [7, 11) is 0. The van der Waals surface area contributed by atoms with Crippen LogP contribution in [0.5, 0.6) is 5.75 Å². The van der Waals surface area contributed by atoms with Crippen LogP contribution in [0, 0.1) is 6.92 Å². The average molecular weight is 560 g/mol. The molecule has 0 spiro atoms. The summed E-state index contributed by atoms with van der Waals surface area (Å²) in [6.07, 6.45) is 1.49. The molecule has 1 heterocycles. The predicted octanol–water partition coefficient (Wildman–Crippen LogP) is 8.82. The number of hydrogen-bond acceptors (Lipinski definition) is 5. The Kier molecular flexibility index (Phi) is 10.1. The first-order chi connectivity index (χ1) is 18.3. The summed E-state index contributed by atoms with van der Waals surface area (Å²) in [6.45, 7) is 8.89. The van der Waals surface area contributed by atoms with Crippen LogP contribution in [-0.2, 0) is 23.8 Å². The van der Waals surface area contributed by atoms with Gasteiger partial charge >= 0.3 is 6.18 Å². The highest BCUT2D eigenvalue weighted by atomic mass is 32.1. The molecule has 0 aliphatic rings. The van der Waals surface area contributed by atoms with Gasteiger partial charge in [-0.15, -0.1) is 11.3 Å². The second-order valence-corrected chi connectivity index (χ2v) is 11.4.